The van der Waals surface area contributed by atoms with Crippen molar-refractivity contribution in [1.82, 2.24) is 4.98 Å². The van der Waals surface area contributed by atoms with Crippen LogP contribution in [0, 0.1) is 0 Å². The van der Waals surface area contributed by atoms with Crippen LogP contribution in [-0.4, -0.2) is 4.98 Å². The van der Waals surface area contributed by atoms with Crippen molar-refractivity contribution in [2.75, 3.05) is 9.80 Å². The number of aromatic nitrogens is 1. The Balaban J connectivity index is 1.50. The van der Waals surface area contributed by atoms with Crippen LogP contribution >= 0.6 is 0 Å². The third-order valence-corrected chi connectivity index (χ3v) is 7.85. The third-order valence-electron chi connectivity index (χ3n) is 7.85. The summed E-state index contributed by atoms with van der Waals surface area (Å²) >= 11 is 0. The van der Waals surface area contributed by atoms with Crippen molar-refractivity contribution in [3.8, 4) is 0 Å². The first-order valence-corrected chi connectivity index (χ1v) is 14.4. The molecule has 2 aromatic heterocycles. The first-order valence-electron chi connectivity index (χ1n) is 14.4. The van der Waals surface area contributed by atoms with Gasteiger partial charge in [-0.2, -0.15) is 0 Å². The third kappa shape index (κ3) is 4.37. The highest BCUT2D eigenvalue weighted by atomic mass is 16.3. The molecule has 8 rings (SSSR count). The Bertz CT molecular complexity index is 2100. The highest BCUT2D eigenvalue weighted by Crippen LogP contribution is 2.48. The summed E-state index contributed by atoms with van der Waals surface area (Å²) in [6.07, 6.45) is 1.82. The highest BCUT2D eigenvalue weighted by Gasteiger charge is 2.25. The molecule has 2 heterocycles. The monoisotopic (exact) mass is 553 g/mol. The number of hydrogen-bond donors (Lipinski definition) is 0. The molecule has 0 fully saturated rings. The number of anilines is 6. The Morgan fingerprint density at radius 1 is 0.419 bits per heavy atom. The summed E-state index contributed by atoms with van der Waals surface area (Å²) < 4.78 is 6.69. The fraction of sp³-hybridized carbons (Fsp3) is 0. The molecule has 0 amide bonds. The largest absolute Gasteiger partial charge is 0.455 e. The molecule has 0 radical (unpaired) electrons. The summed E-state index contributed by atoms with van der Waals surface area (Å²) in [5.74, 6) is 0. The molecular weight excluding hydrogens is 526 g/mol. The molecule has 6 aromatic carbocycles. The van der Waals surface area contributed by atoms with E-state index >= 15 is 0 Å². The molecule has 4 heteroatoms. The first-order chi connectivity index (χ1) is 21.3. The number of pyridine rings is 1. The second-order valence-corrected chi connectivity index (χ2v) is 10.5. The number of fused-ring (bicyclic) bond motifs is 5. The Morgan fingerprint density at radius 3 is 1.42 bits per heavy atom. The second kappa shape index (κ2) is 10.5. The van der Waals surface area contributed by atoms with Crippen LogP contribution in [0.5, 0.6) is 0 Å². The van der Waals surface area contributed by atoms with Crippen molar-refractivity contribution in [1.29, 1.82) is 0 Å². The van der Waals surface area contributed by atoms with Gasteiger partial charge in [-0.3, -0.25) is 4.98 Å². The average molecular weight is 554 g/mol. The van der Waals surface area contributed by atoms with E-state index in [1.807, 2.05) is 12.3 Å². The molecule has 4 nitrogen and oxygen atoms in total. The lowest BCUT2D eigenvalue weighted by Gasteiger charge is -2.33. The van der Waals surface area contributed by atoms with Gasteiger partial charge in [-0.05, 0) is 78.9 Å². The maximum absolute atomic E-state index is 6.69. The van der Waals surface area contributed by atoms with Crippen LogP contribution in [0.25, 0.3) is 32.8 Å². The zero-order valence-electron chi connectivity index (χ0n) is 23.3. The number of nitrogens with zero attached hydrogens (tertiary/aromatic N) is 3. The minimum absolute atomic E-state index is 0.822. The van der Waals surface area contributed by atoms with Crippen molar-refractivity contribution in [3.63, 3.8) is 0 Å². The topological polar surface area (TPSA) is 32.5 Å². The lowest BCUT2D eigenvalue weighted by molar-refractivity contribution is 0.672. The van der Waals surface area contributed by atoms with E-state index < -0.39 is 0 Å². The van der Waals surface area contributed by atoms with E-state index in [1.54, 1.807) is 0 Å². The molecule has 0 saturated carbocycles. The number of rotatable bonds is 6. The van der Waals surface area contributed by atoms with Crippen LogP contribution in [0.4, 0.5) is 34.1 Å². The number of benzene rings is 6. The van der Waals surface area contributed by atoms with Gasteiger partial charge in [0.05, 0.1) is 16.9 Å². The molecule has 8 aromatic rings. The molecule has 43 heavy (non-hydrogen) atoms. The molecule has 0 aliphatic heterocycles. The van der Waals surface area contributed by atoms with Crippen LogP contribution in [0.1, 0.15) is 0 Å². The zero-order chi connectivity index (χ0) is 28.6. The zero-order valence-corrected chi connectivity index (χ0v) is 23.3. The maximum atomic E-state index is 6.69. The summed E-state index contributed by atoms with van der Waals surface area (Å²) in [7, 11) is 0. The number of furan rings is 1. The fourth-order valence-corrected chi connectivity index (χ4v) is 5.93. The number of hydrogen-bond acceptors (Lipinski definition) is 4. The lowest BCUT2D eigenvalue weighted by Crippen LogP contribution is -2.17. The predicted molar refractivity (Wildman–Crippen MR) is 178 cm³/mol. The highest BCUT2D eigenvalue weighted by molar-refractivity contribution is 6.16. The van der Waals surface area contributed by atoms with E-state index in [9.17, 15) is 0 Å². The Hall–Kier alpha value is -5.87. The molecular formula is C39H27N3O. The Kier molecular flexibility index (Phi) is 6.08. The first kappa shape index (κ1) is 24.9. The molecule has 0 aliphatic rings. The second-order valence-electron chi connectivity index (χ2n) is 10.5. The van der Waals surface area contributed by atoms with Gasteiger partial charge in [0.1, 0.15) is 11.2 Å². The molecule has 0 N–H and O–H groups in total. The van der Waals surface area contributed by atoms with Crippen LogP contribution < -0.4 is 9.80 Å². The average Bonchev–Trinajstić information content (AvgIpc) is 3.45. The SMILES string of the molecule is c1ccc(N(c2ccccc2)c2cc3oc4c5cccnc5ccc4c3cc2N(c2ccccc2)c2ccccc2)cc1. The molecule has 0 aliphatic carbocycles. The van der Waals surface area contributed by atoms with Crippen molar-refractivity contribution in [3.05, 3.63) is 164 Å². The smallest absolute Gasteiger partial charge is 0.144 e. The molecule has 0 atom stereocenters. The predicted octanol–water partition coefficient (Wildman–Crippen LogP) is 11.1. The Morgan fingerprint density at radius 2 is 0.907 bits per heavy atom. The van der Waals surface area contributed by atoms with Crippen molar-refractivity contribution in [2.45, 2.75) is 0 Å². The minimum Gasteiger partial charge on any atom is -0.455 e. The van der Waals surface area contributed by atoms with E-state index in [2.05, 4.69) is 166 Å². The van der Waals surface area contributed by atoms with Gasteiger partial charge >= 0.3 is 0 Å². The summed E-state index contributed by atoms with van der Waals surface area (Å²) in [5.41, 5.74) is 8.87. The molecule has 204 valence electrons. The molecule has 0 spiro atoms. The minimum atomic E-state index is 0.822. The van der Waals surface area contributed by atoms with E-state index in [1.165, 1.54) is 0 Å². The van der Waals surface area contributed by atoms with Crippen molar-refractivity contribution in [2.24, 2.45) is 0 Å². The maximum Gasteiger partial charge on any atom is 0.144 e. The van der Waals surface area contributed by atoms with Crippen molar-refractivity contribution < 1.29 is 4.42 Å². The van der Waals surface area contributed by atoms with Gasteiger partial charge < -0.3 is 14.2 Å². The van der Waals surface area contributed by atoms with Gasteiger partial charge in [-0.25, -0.2) is 0 Å². The summed E-state index contributed by atoms with van der Waals surface area (Å²) in [6, 6.07) is 54.8. The standard InChI is InChI=1S/C39H27N3O/c1-5-14-28(15-6-1)41(29-16-7-2-8-17-29)36-26-34-32-23-24-35-33(22-13-25-40-35)39(32)43-38(34)27-37(36)42(30-18-9-3-10-19-30)31-20-11-4-12-21-31/h1-27H. The lowest BCUT2D eigenvalue weighted by atomic mass is 10.0. The van der Waals surface area contributed by atoms with Crippen LogP contribution in [0.15, 0.2) is 168 Å². The van der Waals surface area contributed by atoms with Crippen molar-refractivity contribution >= 4 is 67.0 Å². The summed E-state index contributed by atoms with van der Waals surface area (Å²) in [4.78, 5) is 9.21. The van der Waals surface area contributed by atoms with Gasteiger partial charge in [-0.1, -0.05) is 72.8 Å². The van der Waals surface area contributed by atoms with Crippen LogP contribution in [0.3, 0.4) is 0 Å². The van der Waals surface area contributed by atoms with Crippen LogP contribution in [-0.2, 0) is 0 Å². The molecule has 0 bridgehead atoms. The van der Waals surface area contributed by atoms with E-state index in [0.717, 1.165) is 67.0 Å². The van der Waals surface area contributed by atoms with Gasteiger partial charge in [0, 0.05) is 51.2 Å². The molecule has 0 saturated heterocycles. The van der Waals surface area contributed by atoms with Gasteiger partial charge in [0.2, 0.25) is 0 Å². The normalized spacial score (nSPS) is 11.3. The van der Waals surface area contributed by atoms with E-state index in [-0.39, 0.29) is 0 Å². The molecule has 0 unspecified atom stereocenters. The van der Waals surface area contributed by atoms with Gasteiger partial charge in [0.15, 0.2) is 0 Å². The van der Waals surface area contributed by atoms with E-state index in [0.29, 0.717) is 0 Å². The Labute approximate surface area is 249 Å². The van der Waals surface area contributed by atoms with Gasteiger partial charge in [-0.15, -0.1) is 0 Å². The summed E-state index contributed by atoms with van der Waals surface area (Å²) in [6.45, 7) is 0. The fourth-order valence-electron chi connectivity index (χ4n) is 5.93. The quantitative estimate of drug-likeness (QED) is 0.205. The summed E-state index contributed by atoms with van der Waals surface area (Å²) in [5, 5.41) is 3.12. The van der Waals surface area contributed by atoms with E-state index in [4.69, 9.17) is 4.42 Å². The number of para-hydroxylation sites is 4. The van der Waals surface area contributed by atoms with Gasteiger partial charge in [0.25, 0.3) is 0 Å². The van der Waals surface area contributed by atoms with Crippen LogP contribution in [0.2, 0.25) is 0 Å².